The molecule has 0 saturated carbocycles. The number of nitrogens with zero attached hydrogens (tertiary/aromatic N) is 2. The summed E-state index contributed by atoms with van der Waals surface area (Å²) in [4.78, 5) is 19.1. The quantitative estimate of drug-likeness (QED) is 0.799. The first-order valence-electron chi connectivity index (χ1n) is 7.54. The Kier molecular flexibility index (Phi) is 3.19. The van der Waals surface area contributed by atoms with Crippen LogP contribution >= 0.6 is 11.3 Å². The number of rotatable bonds is 2. The van der Waals surface area contributed by atoms with Crippen molar-refractivity contribution < 1.29 is 9.53 Å². The van der Waals surface area contributed by atoms with Gasteiger partial charge in [-0.2, -0.15) is 0 Å². The summed E-state index contributed by atoms with van der Waals surface area (Å²) in [5.74, 6) is -0.0597. The first kappa shape index (κ1) is 13.2. The number of carbonyl (C=O) groups is 1. The lowest BCUT2D eigenvalue weighted by Gasteiger charge is -2.26. The van der Waals surface area contributed by atoms with Gasteiger partial charge in [0.2, 0.25) is 0 Å². The topological polar surface area (TPSA) is 42.4 Å². The minimum atomic E-state index is -0.0838. The van der Waals surface area contributed by atoms with Crippen LogP contribution < -0.4 is 0 Å². The molecular weight excluding hydrogens is 284 g/mol. The van der Waals surface area contributed by atoms with Crippen LogP contribution in [-0.4, -0.2) is 34.5 Å². The third kappa shape index (κ3) is 2.24. The van der Waals surface area contributed by atoms with Crippen molar-refractivity contribution in [3.8, 4) is 0 Å². The van der Waals surface area contributed by atoms with Crippen LogP contribution in [0.2, 0.25) is 0 Å². The minimum Gasteiger partial charge on any atom is -0.461 e. The molecule has 21 heavy (non-hydrogen) atoms. The molecular formula is C16H18N2O2S. The summed E-state index contributed by atoms with van der Waals surface area (Å²) in [6, 6.07) is 8.42. The molecule has 3 atom stereocenters. The number of benzene rings is 1. The lowest BCUT2D eigenvalue weighted by atomic mass is 10.1. The Labute approximate surface area is 127 Å². The molecule has 4 nitrogen and oxygen atoms in total. The lowest BCUT2D eigenvalue weighted by molar-refractivity contribution is -0.145. The Bertz CT molecular complexity index is 651. The monoisotopic (exact) mass is 302 g/mol. The van der Waals surface area contributed by atoms with Gasteiger partial charge in [0.25, 0.3) is 0 Å². The third-order valence-electron chi connectivity index (χ3n) is 4.43. The second-order valence-electron chi connectivity index (χ2n) is 5.91. The van der Waals surface area contributed by atoms with Crippen molar-refractivity contribution in [1.29, 1.82) is 0 Å². The number of aromatic nitrogens is 1. The van der Waals surface area contributed by atoms with E-state index in [4.69, 9.17) is 9.72 Å². The second-order valence-corrected chi connectivity index (χ2v) is 6.98. The standard InChI is InChI=1S/C16H18N2O2S/c1-10-9-13(16(19)20-10)18-8-4-6-12(18)15-17-11-5-2-3-7-14(11)21-15/h2-3,5,7,10,12-13H,4,6,8-9H2,1H3. The number of thiazole rings is 1. The van der Waals surface area contributed by atoms with Crippen LogP contribution in [0.3, 0.4) is 0 Å². The number of hydrogen-bond donors (Lipinski definition) is 0. The van der Waals surface area contributed by atoms with E-state index >= 15 is 0 Å². The molecule has 110 valence electrons. The molecule has 1 aromatic carbocycles. The minimum absolute atomic E-state index is 0.0408. The van der Waals surface area contributed by atoms with Crippen LogP contribution in [-0.2, 0) is 9.53 Å². The fourth-order valence-corrected chi connectivity index (χ4v) is 4.59. The smallest absolute Gasteiger partial charge is 0.323 e. The van der Waals surface area contributed by atoms with Gasteiger partial charge in [-0.25, -0.2) is 4.98 Å². The van der Waals surface area contributed by atoms with Crippen molar-refractivity contribution in [3.05, 3.63) is 29.3 Å². The van der Waals surface area contributed by atoms with Crippen molar-refractivity contribution >= 4 is 27.5 Å². The zero-order chi connectivity index (χ0) is 14.4. The molecule has 0 radical (unpaired) electrons. The zero-order valence-corrected chi connectivity index (χ0v) is 12.8. The Morgan fingerprint density at radius 1 is 1.33 bits per heavy atom. The van der Waals surface area contributed by atoms with Gasteiger partial charge in [-0.3, -0.25) is 9.69 Å². The van der Waals surface area contributed by atoms with E-state index in [1.807, 2.05) is 19.1 Å². The fraction of sp³-hybridized carbons (Fsp3) is 0.500. The first-order chi connectivity index (χ1) is 10.2. The molecule has 2 fully saturated rings. The van der Waals surface area contributed by atoms with Crippen molar-refractivity contribution in [2.45, 2.75) is 44.4 Å². The normalized spacial score (nSPS) is 30.1. The molecule has 0 spiro atoms. The number of fused-ring (bicyclic) bond motifs is 1. The fourth-order valence-electron chi connectivity index (χ4n) is 3.47. The maximum Gasteiger partial charge on any atom is 0.323 e. The number of carbonyl (C=O) groups excluding carboxylic acids is 1. The number of cyclic esters (lactones) is 1. The van der Waals surface area contributed by atoms with E-state index in [9.17, 15) is 4.79 Å². The molecule has 2 saturated heterocycles. The Balaban J connectivity index is 1.65. The molecule has 3 unspecified atom stereocenters. The van der Waals surface area contributed by atoms with Crippen LogP contribution in [0.15, 0.2) is 24.3 Å². The Morgan fingerprint density at radius 3 is 2.95 bits per heavy atom. The van der Waals surface area contributed by atoms with E-state index in [2.05, 4.69) is 17.0 Å². The zero-order valence-electron chi connectivity index (χ0n) is 12.0. The summed E-state index contributed by atoms with van der Waals surface area (Å²) in [5, 5.41) is 1.14. The summed E-state index contributed by atoms with van der Waals surface area (Å²) < 4.78 is 6.56. The molecule has 0 amide bonds. The van der Waals surface area contributed by atoms with Gasteiger partial charge in [0.1, 0.15) is 17.2 Å². The van der Waals surface area contributed by atoms with Gasteiger partial charge >= 0.3 is 5.97 Å². The van der Waals surface area contributed by atoms with Crippen molar-refractivity contribution in [1.82, 2.24) is 9.88 Å². The average Bonchev–Trinajstić information content (AvgIpc) is 3.15. The van der Waals surface area contributed by atoms with E-state index in [0.717, 1.165) is 36.3 Å². The predicted octanol–water partition coefficient (Wildman–Crippen LogP) is 3.14. The molecule has 4 rings (SSSR count). The molecule has 0 aliphatic carbocycles. The maximum absolute atomic E-state index is 12.0. The summed E-state index contributed by atoms with van der Waals surface area (Å²) in [6.45, 7) is 2.94. The van der Waals surface area contributed by atoms with E-state index < -0.39 is 0 Å². The van der Waals surface area contributed by atoms with Gasteiger partial charge in [-0.1, -0.05) is 12.1 Å². The number of esters is 1. The molecule has 2 aromatic rings. The highest BCUT2D eigenvalue weighted by Gasteiger charge is 2.42. The first-order valence-corrected chi connectivity index (χ1v) is 8.36. The van der Waals surface area contributed by atoms with Crippen LogP contribution in [0.1, 0.15) is 37.2 Å². The highest BCUT2D eigenvalue weighted by atomic mass is 32.1. The highest BCUT2D eigenvalue weighted by molar-refractivity contribution is 7.18. The van der Waals surface area contributed by atoms with E-state index in [1.54, 1.807) is 11.3 Å². The summed E-state index contributed by atoms with van der Waals surface area (Å²) in [6.07, 6.45) is 3.05. The van der Waals surface area contributed by atoms with Crippen LogP contribution in [0.25, 0.3) is 10.2 Å². The summed E-state index contributed by atoms with van der Waals surface area (Å²) in [7, 11) is 0. The number of likely N-dealkylation sites (tertiary alicyclic amines) is 1. The number of ether oxygens (including phenoxy) is 1. The maximum atomic E-state index is 12.0. The van der Waals surface area contributed by atoms with E-state index in [1.165, 1.54) is 4.70 Å². The number of para-hydroxylation sites is 1. The molecule has 5 heteroatoms. The van der Waals surface area contributed by atoms with Gasteiger partial charge in [0.05, 0.1) is 16.3 Å². The molecule has 2 aliphatic rings. The SMILES string of the molecule is CC1CC(N2CCCC2c2nc3ccccc3s2)C(=O)O1. The van der Waals surface area contributed by atoms with Gasteiger partial charge in [0.15, 0.2) is 0 Å². The molecule has 0 N–H and O–H groups in total. The predicted molar refractivity (Wildman–Crippen MR) is 82.3 cm³/mol. The largest absolute Gasteiger partial charge is 0.461 e. The van der Waals surface area contributed by atoms with Gasteiger partial charge in [-0.05, 0) is 38.4 Å². The molecule has 0 bridgehead atoms. The molecule has 2 aliphatic heterocycles. The van der Waals surface area contributed by atoms with Crippen molar-refractivity contribution in [2.75, 3.05) is 6.54 Å². The Hall–Kier alpha value is -1.46. The van der Waals surface area contributed by atoms with Gasteiger partial charge in [-0.15, -0.1) is 11.3 Å². The van der Waals surface area contributed by atoms with E-state index in [-0.39, 0.29) is 24.2 Å². The molecule has 3 heterocycles. The highest BCUT2D eigenvalue weighted by Crippen LogP contribution is 2.39. The van der Waals surface area contributed by atoms with E-state index in [0.29, 0.717) is 0 Å². The molecule has 1 aromatic heterocycles. The van der Waals surface area contributed by atoms with Crippen molar-refractivity contribution in [3.63, 3.8) is 0 Å². The van der Waals surface area contributed by atoms with Crippen LogP contribution in [0.4, 0.5) is 0 Å². The third-order valence-corrected chi connectivity index (χ3v) is 5.57. The lowest BCUT2D eigenvalue weighted by Crippen LogP contribution is -2.38. The van der Waals surface area contributed by atoms with Crippen LogP contribution in [0.5, 0.6) is 0 Å². The van der Waals surface area contributed by atoms with Gasteiger partial charge < -0.3 is 4.74 Å². The van der Waals surface area contributed by atoms with Crippen molar-refractivity contribution in [2.24, 2.45) is 0 Å². The Morgan fingerprint density at radius 2 is 2.19 bits per heavy atom. The number of hydrogen-bond acceptors (Lipinski definition) is 5. The average molecular weight is 302 g/mol. The summed E-state index contributed by atoms with van der Waals surface area (Å²) >= 11 is 1.75. The van der Waals surface area contributed by atoms with Crippen LogP contribution in [0, 0.1) is 0 Å². The second kappa shape index (κ2) is 5.07. The van der Waals surface area contributed by atoms with Gasteiger partial charge in [0, 0.05) is 6.42 Å². The summed E-state index contributed by atoms with van der Waals surface area (Å²) in [5.41, 5.74) is 1.06.